The fourth-order valence-electron chi connectivity index (χ4n) is 2.16. The molecule has 0 bridgehead atoms. The summed E-state index contributed by atoms with van der Waals surface area (Å²) in [4.78, 5) is 0. The minimum absolute atomic E-state index is 0.0831. The molecule has 16 heavy (non-hydrogen) atoms. The lowest BCUT2D eigenvalue weighted by molar-refractivity contribution is 0.0586. The lowest BCUT2D eigenvalue weighted by Crippen LogP contribution is -2.48. The van der Waals surface area contributed by atoms with Crippen LogP contribution in [0.15, 0.2) is 24.3 Å². The molecule has 1 aromatic carbocycles. The predicted molar refractivity (Wildman–Crippen MR) is 66.8 cm³/mol. The smallest absolute Gasteiger partial charge is 0.0570 e. The van der Waals surface area contributed by atoms with Crippen molar-refractivity contribution in [1.82, 2.24) is 5.32 Å². The molecule has 0 heterocycles. The summed E-state index contributed by atoms with van der Waals surface area (Å²) < 4.78 is 0. The molecule has 88 valence electrons. The van der Waals surface area contributed by atoms with Crippen LogP contribution in [-0.4, -0.2) is 23.3 Å². The van der Waals surface area contributed by atoms with Crippen LogP contribution in [0.25, 0.3) is 0 Å². The number of benzene rings is 1. The molecule has 0 spiro atoms. The van der Waals surface area contributed by atoms with Crippen LogP contribution in [0.5, 0.6) is 0 Å². The minimum atomic E-state index is -0.0831. The highest BCUT2D eigenvalue weighted by atomic mass is 35.5. The van der Waals surface area contributed by atoms with E-state index in [0.717, 1.165) is 24.3 Å². The number of nitrogens with one attached hydrogen (secondary N) is 1. The second kappa shape index (κ2) is 5.17. The summed E-state index contributed by atoms with van der Waals surface area (Å²) in [5.74, 6) is 0. The second-order valence-corrected chi connectivity index (χ2v) is 5.16. The molecular formula is C13H18ClNO. The summed E-state index contributed by atoms with van der Waals surface area (Å²) in [6, 6.07) is 8.93. The molecule has 0 radical (unpaired) electrons. The monoisotopic (exact) mass is 239 g/mol. The normalized spacial score (nSPS) is 26.2. The van der Waals surface area contributed by atoms with Crippen LogP contribution >= 0.6 is 11.6 Å². The standard InChI is InChI=1S/C13H18ClNO/c1-9(15-12-7-13(16)8-12)6-10-2-4-11(14)5-3-10/h2-5,9,12-13,15-16H,6-8H2,1H3. The lowest BCUT2D eigenvalue weighted by Gasteiger charge is -2.34. The van der Waals surface area contributed by atoms with Gasteiger partial charge in [-0.15, -0.1) is 0 Å². The molecular weight excluding hydrogens is 222 g/mol. The van der Waals surface area contributed by atoms with Gasteiger partial charge in [-0.3, -0.25) is 0 Å². The van der Waals surface area contributed by atoms with E-state index in [1.165, 1.54) is 5.56 Å². The first-order chi connectivity index (χ1) is 7.63. The third kappa shape index (κ3) is 3.21. The van der Waals surface area contributed by atoms with Crippen molar-refractivity contribution in [2.24, 2.45) is 0 Å². The molecule has 2 nitrogen and oxygen atoms in total. The largest absolute Gasteiger partial charge is 0.393 e. The van der Waals surface area contributed by atoms with Crippen LogP contribution in [0.3, 0.4) is 0 Å². The molecule has 1 saturated carbocycles. The van der Waals surface area contributed by atoms with E-state index in [9.17, 15) is 5.11 Å². The molecule has 0 aliphatic heterocycles. The summed E-state index contributed by atoms with van der Waals surface area (Å²) >= 11 is 5.84. The number of hydrogen-bond acceptors (Lipinski definition) is 2. The zero-order valence-corrected chi connectivity index (χ0v) is 10.2. The molecule has 1 atom stereocenters. The SMILES string of the molecule is CC(Cc1ccc(Cl)cc1)NC1CC(O)C1. The molecule has 1 fully saturated rings. The fourth-order valence-corrected chi connectivity index (χ4v) is 2.29. The molecule has 1 aliphatic carbocycles. The number of aliphatic hydroxyl groups excluding tert-OH is 1. The summed E-state index contributed by atoms with van der Waals surface area (Å²) in [6.07, 6.45) is 2.71. The van der Waals surface area contributed by atoms with Gasteiger partial charge >= 0.3 is 0 Å². The van der Waals surface area contributed by atoms with Crippen molar-refractivity contribution in [2.75, 3.05) is 0 Å². The Hall–Kier alpha value is -0.570. The lowest BCUT2D eigenvalue weighted by atomic mass is 9.88. The molecule has 1 aliphatic rings. The van der Waals surface area contributed by atoms with Crippen LogP contribution < -0.4 is 5.32 Å². The van der Waals surface area contributed by atoms with Gasteiger partial charge in [0, 0.05) is 17.1 Å². The molecule has 3 heteroatoms. The molecule has 2 rings (SSSR count). The quantitative estimate of drug-likeness (QED) is 0.846. The van der Waals surface area contributed by atoms with Crippen molar-refractivity contribution < 1.29 is 5.11 Å². The Kier molecular flexibility index (Phi) is 3.85. The highest BCUT2D eigenvalue weighted by molar-refractivity contribution is 6.30. The van der Waals surface area contributed by atoms with E-state index in [2.05, 4.69) is 24.4 Å². The van der Waals surface area contributed by atoms with Crippen LogP contribution in [0.4, 0.5) is 0 Å². The van der Waals surface area contributed by atoms with Gasteiger partial charge in [0.05, 0.1) is 6.10 Å². The van der Waals surface area contributed by atoms with Crippen molar-refractivity contribution in [1.29, 1.82) is 0 Å². The Labute approximate surface area is 102 Å². The van der Waals surface area contributed by atoms with Gasteiger partial charge in [0.25, 0.3) is 0 Å². The Bertz CT molecular complexity index is 332. The Morgan fingerprint density at radius 2 is 2.00 bits per heavy atom. The van der Waals surface area contributed by atoms with Gasteiger partial charge in [0.2, 0.25) is 0 Å². The summed E-state index contributed by atoms with van der Waals surface area (Å²) in [5.41, 5.74) is 1.30. The zero-order chi connectivity index (χ0) is 11.5. The molecule has 0 amide bonds. The Morgan fingerprint density at radius 1 is 1.38 bits per heavy atom. The van der Waals surface area contributed by atoms with Gasteiger partial charge in [0.15, 0.2) is 0 Å². The van der Waals surface area contributed by atoms with Crippen LogP contribution in [0.2, 0.25) is 5.02 Å². The van der Waals surface area contributed by atoms with Crippen LogP contribution in [0, 0.1) is 0 Å². The van der Waals surface area contributed by atoms with Crippen molar-refractivity contribution in [3.8, 4) is 0 Å². The molecule has 0 aromatic heterocycles. The van der Waals surface area contributed by atoms with Gasteiger partial charge in [0.1, 0.15) is 0 Å². The van der Waals surface area contributed by atoms with Gasteiger partial charge in [-0.05, 0) is 43.9 Å². The van der Waals surface area contributed by atoms with Gasteiger partial charge in [-0.25, -0.2) is 0 Å². The summed E-state index contributed by atoms with van der Waals surface area (Å²) in [5, 5.41) is 13.5. The highest BCUT2D eigenvalue weighted by Gasteiger charge is 2.27. The van der Waals surface area contributed by atoms with E-state index < -0.39 is 0 Å². The number of aliphatic hydroxyl groups is 1. The molecule has 2 N–H and O–H groups in total. The highest BCUT2D eigenvalue weighted by Crippen LogP contribution is 2.20. The van der Waals surface area contributed by atoms with E-state index in [1.54, 1.807) is 0 Å². The van der Waals surface area contributed by atoms with Crippen LogP contribution in [-0.2, 0) is 6.42 Å². The fraction of sp³-hybridized carbons (Fsp3) is 0.538. The molecule has 1 unspecified atom stereocenters. The van der Waals surface area contributed by atoms with E-state index in [1.807, 2.05) is 12.1 Å². The average molecular weight is 240 g/mol. The maximum absolute atomic E-state index is 9.20. The van der Waals surface area contributed by atoms with E-state index in [4.69, 9.17) is 11.6 Å². The maximum Gasteiger partial charge on any atom is 0.0570 e. The van der Waals surface area contributed by atoms with Crippen LogP contribution in [0.1, 0.15) is 25.3 Å². The third-order valence-corrected chi connectivity index (χ3v) is 3.34. The van der Waals surface area contributed by atoms with Crippen molar-refractivity contribution in [2.45, 2.75) is 44.4 Å². The van der Waals surface area contributed by atoms with E-state index in [0.29, 0.717) is 12.1 Å². The summed E-state index contributed by atoms with van der Waals surface area (Å²) in [6.45, 7) is 2.18. The number of hydrogen-bond donors (Lipinski definition) is 2. The second-order valence-electron chi connectivity index (χ2n) is 4.72. The first-order valence-electron chi connectivity index (χ1n) is 5.82. The van der Waals surface area contributed by atoms with Gasteiger partial charge < -0.3 is 10.4 Å². The van der Waals surface area contributed by atoms with Gasteiger partial charge in [-0.1, -0.05) is 23.7 Å². The first kappa shape index (κ1) is 11.9. The summed E-state index contributed by atoms with van der Waals surface area (Å²) in [7, 11) is 0. The average Bonchev–Trinajstić information content (AvgIpc) is 2.19. The Morgan fingerprint density at radius 3 is 2.56 bits per heavy atom. The van der Waals surface area contributed by atoms with E-state index >= 15 is 0 Å². The van der Waals surface area contributed by atoms with Crippen molar-refractivity contribution >= 4 is 11.6 Å². The molecule has 1 aromatic rings. The number of halogens is 1. The number of rotatable bonds is 4. The van der Waals surface area contributed by atoms with Crippen molar-refractivity contribution in [3.63, 3.8) is 0 Å². The Balaban J connectivity index is 1.78. The topological polar surface area (TPSA) is 32.3 Å². The van der Waals surface area contributed by atoms with Crippen molar-refractivity contribution in [3.05, 3.63) is 34.9 Å². The third-order valence-electron chi connectivity index (χ3n) is 3.09. The predicted octanol–water partition coefficient (Wildman–Crippen LogP) is 2.38. The van der Waals surface area contributed by atoms with Gasteiger partial charge in [-0.2, -0.15) is 0 Å². The minimum Gasteiger partial charge on any atom is -0.393 e. The maximum atomic E-state index is 9.20. The van der Waals surface area contributed by atoms with E-state index in [-0.39, 0.29) is 6.10 Å². The zero-order valence-electron chi connectivity index (χ0n) is 9.49. The first-order valence-corrected chi connectivity index (χ1v) is 6.20. The molecule has 0 saturated heterocycles.